The molecule has 0 aromatic heterocycles. The average Bonchev–Trinajstić information content (AvgIpc) is 2.89. The summed E-state index contributed by atoms with van der Waals surface area (Å²) in [7, 11) is 0. The van der Waals surface area contributed by atoms with Crippen LogP contribution in [0.15, 0.2) is 46.9 Å². The van der Waals surface area contributed by atoms with Gasteiger partial charge in [-0.25, -0.2) is 5.01 Å². The zero-order valence-corrected chi connectivity index (χ0v) is 11.8. The normalized spacial score (nSPS) is 23.3. The summed E-state index contributed by atoms with van der Waals surface area (Å²) in [5, 5.41) is 9.39. The van der Waals surface area contributed by atoms with Crippen molar-refractivity contribution in [3.8, 4) is 0 Å². The van der Waals surface area contributed by atoms with E-state index in [4.69, 9.17) is 4.74 Å². The van der Waals surface area contributed by atoms with Gasteiger partial charge in [0.25, 0.3) is 0 Å². The predicted molar refractivity (Wildman–Crippen MR) is 74.1 cm³/mol. The van der Waals surface area contributed by atoms with E-state index in [1.165, 1.54) is 11.1 Å². The summed E-state index contributed by atoms with van der Waals surface area (Å²) in [6, 6.07) is 5.06. The first kappa shape index (κ1) is 15.0. The molecule has 2 aliphatic heterocycles. The summed E-state index contributed by atoms with van der Waals surface area (Å²) >= 11 is 0. The topological polar surface area (TPSA) is 40.4 Å². The van der Waals surface area contributed by atoms with E-state index >= 15 is 0 Å². The van der Waals surface area contributed by atoms with Crippen molar-refractivity contribution in [2.24, 2.45) is 10.3 Å². The number of nitrogens with zero attached hydrogens (tertiary/aromatic N) is 4. The molecule has 3 rings (SSSR count). The van der Waals surface area contributed by atoms with Crippen LogP contribution in [-0.2, 0) is 10.9 Å². The van der Waals surface area contributed by atoms with E-state index in [-0.39, 0.29) is 6.17 Å². The third-order valence-electron chi connectivity index (χ3n) is 3.63. The Morgan fingerprint density at radius 2 is 1.95 bits per heavy atom. The van der Waals surface area contributed by atoms with Crippen molar-refractivity contribution in [1.29, 1.82) is 0 Å². The molecule has 1 unspecified atom stereocenters. The molecule has 1 saturated heterocycles. The lowest BCUT2D eigenvalue weighted by molar-refractivity contribution is -0.137. The molecule has 0 amide bonds. The van der Waals surface area contributed by atoms with Crippen LogP contribution in [-0.4, -0.2) is 37.4 Å². The van der Waals surface area contributed by atoms with E-state index in [1.54, 1.807) is 6.07 Å². The van der Waals surface area contributed by atoms with Crippen LogP contribution in [0.1, 0.15) is 5.56 Å². The van der Waals surface area contributed by atoms with Crippen LogP contribution >= 0.6 is 0 Å². The van der Waals surface area contributed by atoms with E-state index in [0.29, 0.717) is 37.7 Å². The maximum absolute atomic E-state index is 12.9. The fourth-order valence-electron chi connectivity index (χ4n) is 2.55. The van der Waals surface area contributed by atoms with Gasteiger partial charge in [0.15, 0.2) is 6.17 Å². The molecule has 8 heteroatoms. The Balaban J connectivity index is 1.89. The lowest BCUT2D eigenvalue weighted by atomic mass is 10.1. The molecule has 1 aromatic carbocycles. The number of alkyl halides is 3. The van der Waals surface area contributed by atoms with Crippen LogP contribution in [0.25, 0.3) is 0 Å². The number of hydrogen-bond acceptors (Lipinski definition) is 5. The summed E-state index contributed by atoms with van der Waals surface area (Å²) in [5.74, 6) is 0. The Kier molecular flexibility index (Phi) is 3.88. The monoisotopic (exact) mass is 312 g/mol. The average molecular weight is 312 g/mol. The third-order valence-corrected chi connectivity index (χ3v) is 3.63. The van der Waals surface area contributed by atoms with Crippen molar-refractivity contribution in [1.82, 2.24) is 4.90 Å². The van der Waals surface area contributed by atoms with E-state index < -0.39 is 11.7 Å². The number of morpholine rings is 1. The zero-order valence-electron chi connectivity index (χ0n) is 11.8. The minimum Gasteiger partial charge on any atom is -0.379 e. The Labute approximate surface area is 125 Å². The molecule has 1 fully saturated rings. The molecule has 2 heterocycles. The molecule has 0 spiro atoms. The van der Waals surface area contributed by atoms with E-state index in [1.807, 2.05) is 4.90 Å². The summed E-state index contributed by atoms with van der Waals surface area (Å²) in [6.45, 7) is 6.30. The van der Waals surface area contributed by atoms with Gasteiger partial charge in [0, 0.05) is 13.1 Å². The highest BCUT2D eigenvalue weighted by molar-refractivity contribution is 5.51. The van der Waals surface area contributed by atoms with Gasteiger partial charge in [-0.3, -0.25) is 4.90 Å². The van der Waals surface area contributed by atoms with Gasteiger partial charge in [0.05, 0.1) is 30.2 Å². The fourth-order valence-corrected chi connectivity index (χ4v) is 2.55. The van der Waals surface area contributed by atoms with Crippen molar-refractivity contribution in [3.05, 3.63) is 42.1 Å². The lowest BCUT2D eigenvalue weighted by Gasteiger charge is -2.35. The number of benzene rings is 1. The molecule has 0 aliphatic carbocycles. The Morgan fingerprint density at radius 1 is 1.23 bits per heavy atom. The Morgan fingerprint density at radius 3 is 2.64 bits per heavy atom. The first-order valence-electron chi connectivity index (χ1n) is 6.85. The molecule has 0 radical (unpaired) electrons. The van der Waals surface area contributed by atoms with Gasteiger partial charge in [-0.2, -0.15) is 13.2 Å². The van der Waals surface area contributed by atoms with Crippen LogP contribution in [0.3, 0.4) is 0 Å². The Bertz CT molecular complexity index is 596. The van der Waals surface area contributed by atoms with Crippen LogP contribution < -0.4 is 5.01 Å². The summed E-state index contributed by atoms with van der Waals surface area (Å²) in [4.78, 5) is 2.05. The molecule has 22 heavy (non-hydrogen) atoms. The van der Waals surface area contributed by atoms with Gasteiger partial charge in [0.1, 0.15) is 0 Å². The SMILES string of the molecule is C=C1N=NN(c2cccc(C(F)(F)F)c2)C1N1CCOCC1. The zero-order chi connectivity index (χ0) is 15.7. The molecule has 0 saturated carbocycles. The fraction of sp³-hybridized carbons (Fsp3) is 0.429. The highest BCUT2D eigenvalue weighted by atomic mass is 19.4. The first-order valence-corrected chi connectivity index (χ1v) is 6.85. The maximum atomic E-state index is 12.9. The molecule has 2 aliphatic rings. The van der Waals surface area contributed by atoms with Crippen molar-refractivity contribution < 1.29 is 17.9 Å². The smallest absolute Gasteiger partial charge is 0.379 e. The predicted octanol–water partition coefficient (Wildman–Crippen LogP) is 3.06. The summed E-state index contributed by atoms with van der Waals surface area (Å²) < 4.78 is 43.9. The van der Waals surface area contributed by atoms with E-state index in [2.05, 4.69) is 16.9 Å². The second-order valence-corrected chi connectivity index (χ2v) is 5.10. The van der Waals surface area contributed by atoms with E-state index in [9.17, 15) is 13.2 Å². The number of anilines is 1. The van der Waals surface area contributed by atoms with Gasteiger partial charge < -0.3 is 4.74 Å². The van der Waals surface area contributed by atoms with Gasteiger partial charge in [0.2, 0.25) is 0 Å². The van der Waals surface area contributed by atoms with Crippen molar-refractivity contribution in [3.63, 3.8) is 0 Å². The number of hydrogen-bond donors (Lipinski definition) is 0. The molecular formula is C14H15F3N4O. The summed E-state index contributed by atoms with van der Waals surface area (Å²) in [6.07, 6.45) is -4.76. The standard InChI is InChI=1S/C14H15F3N4O/c1-10-13(20-5-7-22-8-6-20)21(19-18-10)12-4-2-3-11(9-12)14(15,16)17/h2-4,9,13H,1,5-8H2. The molecule has 0 bridgehead atoms. The highest BCUT2D eigenvalue weighted by Gasteiger charge is 2.36. The van der Waals surface area contributed by atoms with Crippen molar-refractivity contribution in [2.45, 2.75) is 12.3 Å². The Hall–Kier alpha value is -1.93. The molecule has 5 nitrogen and oxygen atoms in total. The molecule has 1 aromatic rings. The van der Waals surface area contributed by atoms with Crippen LogP contribution in [0, 0.1) is 0 Å². The quantitative estimate of drug-likeness (QED) is 0.842. The second kappa shape index (κ2) is 5.69. The van der Waals surface area contributed by atoms with Gasteiger partial charge >= 0.3 is 6.18 Å². The third kappa shape index (κ3) is 2.84. The molecule has 118 valence electrons. The second-order valence-electron chi connectivity index (χ2n) is 5.10. The highest BCUT2D eigenvalue weighted by Crippen LogP contribution is 2.35. The number of rotatable bonds is 2. The van der Waals surface area contributed by atoms with E-state index in [0.717, 1.165) is 12.1 Å². The minimum atomic E-state index is -4.39. The molecular weight excluding hydrogens is 297 g/mol. The van der Waals surface area contributed by atoms with Crippen molar-refractivity contribution in [2.75, 3.05) is 31.3 Å². The van der Waals surface area contributed by atoms with Crippen molar-refractivity contribution >= 4 is 5.69 Å². The van der Waals surface area contributed by atoms with Crippen LogP contribution in [0.5, 0.6) is 0 Å². The van der Waals surface area contributed by atoms with Gasteiger partial charge in [-0.1, -0.05) is 17.9 Å². The molecule has 0 N–H and O–H groups in total. The van der Waals surface area contributed by atoms with Gasteiger partial charge in [-0.15, -0.1) is 5.11 Å². The minimum absolute atomic E-state index is 0.341. The number of halogens is 3. The van der Waals surface area contributed by atoms with Gasteiger partial charge in [-0.05, 0) is 18.2 Å². The maximum Gasteiger partial charge on any atom is 0.416 e. The van der Waals surface area contributed by atoms with Crippen LogP contribution in [0.4, 0.5) is 18.9 Å². The largest absolute Gasteiger partial charge is 0.416 e. The van der Waals surface area contributed by atoms with Crippen LogP contribution in [0.2, 0.25) is 0 Å². The summed E-state index contributed by atoms with van der Waals surface area (Å²) in [5.41, 5.74) is 0.145. The first-order chi connectivity index (χ1) is 10.5. The lowest BCUT2D eigenvalue weighted by Crippen LogP contribution is -2.49. The number of ether oxygens (including phenoxy) is 1. The molecule has 1 atom stereocenters.